The van der Waals surface area contributed by atoms with Gasteiger partial charge in [-0.1, -0.05) is 19.4 Å². The number of rotatable bonds is 6. The van der Waals surface area contributed by atoms with Gasteiger partial charge in [-0.15, -0.1) is 0 Å². The van der Waals surface area contributed by atoms with E-state index in [0.717, 1.165) is 12.7 Å². The van der Waals surface area contributed by atoms with E-state index >= 15 is 0 Å². The number of carboxylic acid groups (broad SMARTS) is 1. The van der Waals surface area contributed by atoms with Crippen LogP contribution in [0.5, 0.6) is 0 Å². The van der Waals surface area contributed by atoms with Crippen LogP contribution < -0.4 is 0 Å². The highest BCUT2D eigenvalue weighted by Crippen LogP contribution is 2.13. The Bertz CT molecular complexity index is 189. The van der Waals surface area contributed by atoms with Crippen LogP contribution in [0.15, 0.2) is 11.6 Å². The van der Waals surface area contributed by atoms with Gasteiger partial charge in [-0.25, -0.2) is 4.79 Å². The number of hydrogen-bond donors (Lipinski definition) is 1. The van der Waals surface area contributed by atoms with E-state index in [1.165, 1.54) is 0 Å². The van der Waals surface area contributed by atoms with Crippen LogP contribution in [-0.2, 0) is 9.53 Å². The molecule has 13 heavy (non-hydrogen) atoms. The molecule has 0 aromatic carbocycles. The van der Waals surface area contributed by atoms with Gasteiger partial charge in [0.05, 0.1) is 9.52 Å². The van der Waals surface area contributed by atoms with Gasteiger partial charge in [-0.05, 0) is 12.5 Å². The van der Waals surface area contributed by atoms with E-state index in [4.69, 9.17) is 9.84 Å². The number of methoxy groups -OCH3 is 1. The molecule has 4 heteroatoms. The zero-order valence-corrected chi connectivity index (χ0v) is 9.95. The third-order valence-electron chi connectivity index (χ3n) is 2.04. The Hall–Kier alpha value is -0.613. The van der Waals surface area contributed by atoms with Crippen molar-refractivity contribution in [2.45, 2.75) is 25.8 Å². The molecule has 3 nitrogen and oxygen atoms in total. The van der Waals surface area contributed by atoms with Gasteiger partial charge < -0.3 is 9.84 Å². The zero-order chi connectivity index (χ0) is 10.3. The molecule has 1 unspecified atom stereocenters. The monoisotopic (exact) mass is 202 g/mol. The van der Waals surface area contributed by atoms with E-state index in [0.29, 0.717) is 11.1 Å². The van der Waals surface area contributed by atoms with E-state index in [1.54, 1.807) is 14.0 Å². The number of carbonyl (C=O) groups is 1. The summed E-state index contributed by atoms with van der Waals surface area (Å²) >= 11 is 0. The Kier molecular flexibility index (Phi) is 6.53. The minimum Gasteiger partial charge on any atom is -0.478 e. The van der Waals surface area contributed by atoms with Crippen molar-refractivity contribution in [3.63, 3.8) is 0 Å². The van der Waals surface area contributed by atoms with Crippen molar-refractivity contribution in [2.75, 3.05) is 13.3 Å². The van der Waals surface area contributed by atoms with Gasteiger partial charge in [-0.3, -0.25) is 0 Å². The number of carboxylic acids is 1. The molecule has 0 saturated heterocycles. The summed E-state index contributed by atoms with van der Waals surface area (Å²) in [6.07, 6.45) is 3.70. The molecule has 1 atom stereocenters. The predicted octanol–water partition coefficient (Wildman–Crippen LogP) is 0.988. The fourth-order valence-corrected chi connectivity index (χ4v) is 2.57. The maximum atomic E-state index is 10.5. The van der Waals surface area contributed by atoms with Gasteiger partial charge in [0.2, 0.25) is 0 Å². The normalized spacial score (nSPS) is 15.2. The van der Waals surface area contributed by atoms with Crippen LogP contribution in [0.2, 0.25) is 5.54 Å². The summed E-state index contributed by atoms with van der Waals surface area (Å²) in [5.41, 5.74) is 0.909. The third-order valence-corrected chi connectivity index (χ3v) is 4.24. The van der Waals surface area contributed by atoms with Crippen molar-refractivity contribution in [3.8, 4) is 0 Å². The Balaban J connectivity index is 4.09. The molecule has 0 fully saturated rings. The molecule has 0 aromatic heterocycles. The molecular weight excluding hydrogens is 184 g/mol. The van der Waals surface area contributed by atoms with Crippen molar-refractivity contribution in [2.24, 2.45) is 0 Å². The first-order valence-electron chi connectivity index (χ1n) is 4.52. The predicted molar refractivity (Wildman–Crippen MR) is 55.9 cm³/mol. The second-order valence-electron chi connectivity index (χ2n) is 3.10. The lowest BCUT2D eigenvalue weighted by Crippen LogP contribution is -2.09. The standard InChI is InChI=1S/C9H18O3Si/c1-4-8(13-6-12-3)5-7(2)9(10)11/h5,8H,4,6,13H2,1-3H3,(H,10,11). The maximum Gasteiger partial charge on any atom is 0.330 e. The van der Waals surface area contributed by atoms with Crippen molar-refractivity contribution in [1.29, 1.82) is 0 Å². The highest BCUT2D eigenvalue weighted by Gasteiger charge is 2.06. The summed E-state index contributed by atoms with van der Waals surface area (Å²) in [7, 11) is 1.38. The first kappa shape index (κ1) is 12.4. The van der Waals surface area contributed by atoms with Crippen molar-refractivity contribution < 1.29 is 14.6 Å². The van der Waals surface area contributed by atoms with Gasteiger partial charge in [0.15, 0.2) is 0 Å². The SMILES string of the molecule is CCC(C=C(C)C(=O)O)[SiH2]COC. The molecule has 0 amide bonds. The molecule has 0 aromatic rings. The van der Waals surface area contributed by atoms with Crippen LogP contribution >= 0.6 is 0 Å². The Morgan fingerprint density at radius 2 is 2.31 bits per heavy atom. The molecule has 0 saturated carbocycles. The lowest BCUT2D eigenvalue weighted by molar-refractivity contribution is -0.132. The van der Waals surface area contributed by atoms with Crippen LogP contribution in [0.25, 0.3) is 0 Å². The smallest absolute Gasteiger partial charge is 0.330 e. The van der Waals surface area contributed by atoms with E-state index in [1.807, 2.05) is 6.08 Å². The van der Waals surface area contributed by atoms with E-state index in [9.17, 15) is 4.79 Å². The number of ether oxygens (including phenoxy) is 1. The molecule has 1 N–H and O–H groups in total. The topological polar surface area (TPSA) is 46.5 Å². The lowest BCUT2D eigenvalue weighted by atomic mass is 10.2. The average molecular weight is 202 g/mol. The number of aliphatic carboxylic acids is 1. The Labute approximate surface area is 81.6 Å². The Morgan fingerprint density at radius 3 is 2.69 bits per heavy atom. The molecular formula is C9H18O3Si. The van der Waals surface area contributed by atoms with Crippen LogP contribution in [0.4, 0.5) is 0 Å². The summed E-state index contributed by atoms with van der Waals surface area (Å²) in [5, 5.41) is 8.67. The number of allylic oxidation sites excluding steroid dienone is 1. The lowest BCUT2D eigenvalue weighted by Gasteiger charge is -2.08. The molecule has 0 spiro atoms. The van der Waals surface area contributed by atoms with Gasteiger partial charge in [0.1, 0.15) is 0 Å². The largest absolute Gasteiger partial charge is 0.478 e. The molecule has 0 aliphatic rings. The van der Waals surface area contributed by atoms with Crippen molar-refractivity contribution in [3.05, 3.63) is 11.6 Å². The quantitative estimate of drug-likeness (QED) is 0.516. The minimum atomic E-state index is -0.815. The van der Waals surface area contributed by atoms with Crippen LogP contribution in [0.3, 0.4) is 0 Å². The Morgan fingerprint density at radius 1 is 1.69 bits per heavy atom. The molecule has 0 aliphatic heterocycles. The van der Waals surface area contributed by atoms with Crippen LogP contribution in [-0.4, -0.2) is 33.9 Å². The summed E-state index contributed by atoms with van der Waals surface area (Å²) in [6, 6.07) is 0. The third kappa shape index (κ3) is 5.60. The summed E-state index contributed by atoms with van der Waals surface area (Å²) < 4.78 is 5.00. The maximum absolute atomic E-state index is 10.5. The van der Waals surface area contributed by atoms with Gasteiger partial charge in [-0.2, -0.15) is 0 Å². The van der Waals surface area contributed by atoms with Crippen LogP contribution in [0.1, 0.15) is 20.3 Å². The second kappa shape index (κ2) is 6.86. The molecule has 76 valence electrons. The summed E-state index contributed by atoms with van der Waals surface area (Å²) in [5.74, 6) is -0.815. The van der Waals surface area contributed by atoms with Crippen molar-refractivity contribution >= 4 is 15.5 Å². The van der Waals surface area contributed by atoms with E-state index in [-0.39, 0.29) is 9.52 Å². The molecule has 0 bridgehead atoms. The van der Waals surface area contributed by atoms with E-state index in [2.05, 4.69) is 6.92 Å². The number of hydrogen-bond acceptors (Lipinski definition) is 2. The van der Waals surface area contributed by atoms with E-state index < -0.39 is 5.97 Å². The summed E-state index contributed by atoms with van der Waals surface area (Å²) in [4.78, 5) is 10.5. The van der Waals surface area contributed by atoms with Crippen LogP contribution in [0, 0.1) is 0 Å². The minimum absolute atomic E-state index is 0.311. The molecule has 0 rings (SSSR count). The highest BCUT2D eigenvalue weighted by molar-refractivity contribution is 6.38. The first-order valence-corrected chi connectivity index (χ1v) is 6.34. The first-order chi connectivity index (χ1) is 6.11. The molecule has 0 aliphatic carbocycles. The highest BCUT2D eigenvalue weighted by atomic mass is 28.2. The average Bonchev–Trinajstić information content (AvgIpc) is 2.11. The van der Waals surface area contributed by atoms with Crippen molar-refractivity contribution in [1.82, 2.24) is 0 Å². The summed E-state index contributed by atoms with van der Waals surface area (Å²) in [6.45, 7) is 3.73. The molecule has 0 radical (unpaired) electrons. The second-order valence-corrected chi connectivity index (χ2v) is 5.14. The fraction of sp³-hybridized carbons (Fsp3) is 0.667. The fourth-order valence-electron chi connectivity index (χ4n) is 1.10. The van der Waals surface area contributed by atoms with Gasteiger partial charge >= 0.3 is 5.97 Å². The van der Waals surface area contributed by atoms with Gasteiger partial charge in [0.25, 0.3) is 0 Å². The molecule has 0 heterocycles. The zero-order valence-electron chi connectivity index (χ0n) is 8.54. The van der Waals surface area contributed by atoms with Gasteiger partial charge in [0, 0.05) is 18.9 Å².